The van der Waals surface area contributed by atoms with Crippen molar-refractivity contribution in [1.29, 1.82) is 0 Å². The summed E-state index contributed by atoms with van der Waals surface area (Å²) in [4.78, 5) is 4.27. The average molecular weight is 211 g/mol. The highest BCUT2D eigenvalue weighted by molar-refractivity contribution is 4.94. The fourth-order valence-electron chi connectivity index (χ4n) is 1.44. The molecule has 0 spiro atoms. The monoisotopic (exact) mass is 211 g/mol. The minimum Gasteiger partial charge on any atom is -0.380 e. The number of rotatable bonds is 6. The molecule has 1 rings (SSSR count). The molecule has 86 valence electrons. The molecule has 0 aliphatic rings. The van der Waals surface area contributed by atoms with Crippen LogP contribution in [0.25, 0.3) is 0 Å². The largest absolute Gasteiger partial charge is 0.380 e. The fraction of sp³-hybridized carbons (Fsp3) is 0.727. The van der Waals surface area contributed by atoms with E-state index in [1.54, 1.807) is 0 Å². The molecule has 1 unspecified atom stereocenters. The van der Waals surface area contributed by atoms with Gasteiger partial charge in [-0.3, -0.25) is 0 Å². The third-order valence-corrected chi connectivity index (χ3v) is 2.48. The van der Waals surface area contributed by atoms with Crippen LogP contribution in [0.1, 0.15) is 26.1 Å². The molecule has 2 N–H and O–H groups in total. The Morgan fingerprint density at radius 1 is 1.60 bits per heavy atom. The lowest BCUT2D eigenvalue weighted by Gasteiger charge is -2.23. The van der Waals surface area contributed by atoms with E-state index in [0.29, 0.717) is 6.61 Å². The van der Waals surface area contributed by atoms with Crippen LogP contribution in [0.3, 0.4) is 0 Å². The molecule has 1 aromatic heterocycles. The molecule has 1 heterocycles. The van der Waals surface area contributed by atoms with Gasteiger partial charge >= 0.3 is 0 Å². The van der Waals surface area contributed by atoms with Gasteiger partial charge in [0.15, 0.2) is 0 Å². The number of aromatic nitrogens is 2. The fourth-order valence-corrected chi connectivity index (χ4v) is 1.44. The molecule has 1 aromatic rings. The maximum absolute atomic E-state index is 6.11. The molecule has 1 atom stereocenters. The summed E-state index contributed by atoms with van der Waals surface area (Å²) in [5, 5.41) is 0. The van der Waals surface area contributed by atoms with Crippen molar-refractivity contribution in [2.75, 3.05) is 13.2 Å². The van der Waals surface area contributed by atoms with Crippen molar-refractivity contribution >= 4 is 0 Å². The number of imidazole rings is 1. The van der Waals surface area contributed by atoms with Crippen molar-refractivity contribution in [3.05, 3.63) is 18.2 Å². The molecule has 0 amide bonds. The lowest BCUT2D eigenvalue weighted by Crippen LogP contribution is -2.41. The second kappa shape index (κ2) is 5.28. The van der Waals surface area contributed by atoms with E-state index in [4.69, 9.17) is 10.5 Å². The molecule has 4 heteroatoms. The average Bonchev–Trinajstić information content (AvgIpc) is 2.58. The molecule has 15 heavy (non-hydrogen) atoms. The highest BCUT2D eigenvalue weighted by Crippen LogP contribution is 2.10. The molecule has 0 fully saturated rings. The van der Waals surface area contributed by atoms with Crippen molar-refractivity contribution < 1.29 is 4.74 Å². The van der Waals surface area contributed by atoms with Crippen LogP contribution in [0.4, 0.5) is 0 Å². The smallest absolute Gasteiger partial charge is 0.108 e. The topological polar surface area (TPSA) is 53.1 Å². The zero-order valence-electron chi connectivity index (χ0n) is 9.86. The quantitative estimate of drug-likeness (QED) is 0.766. The van der Waals surface area contributed by atoms with Gasteiger partial charge in [0.05, 0.1) is 6.61 Å². The summed E-state index contributed by atoms with van der Waals surface area (Å²) in [5.74, 6) is 1.07. The van der Waals surface area contributed by atoms with E-state index in [0.717, 1.165) is 25.3 Å². The van der Waals surface area contributed by atoms with Crippen molar-refractivity contribution in [3.8, 4) is 0 Å². The first kappa shape index (κ1) is 12.2. The summed E-state index contributed by atoms with van der Waals surface area (Å²) in [5.41, 5.74) is 5.85. The van der Waals surface area contributed by atoms with Crippen LogP contribution in [0, 0.1) is 0 Å². The maximum Gasteiger partial charge on any atom is 0.108 e. The van der Waals surface area contributed by atoms with Crippen LogP contribution in [-0.4, -0.2) is 28.3 Å². The second-order valence-electron chi connectivity index (χ2n) is 4.25. The lowest BCUT2D eigenvalue weighted by molar-refractivity contribution is 0.0975. The van der Waals surface area contributed by atoms with Crippen LogP contribution in [-0.2, 0) is 18.2 Å². The van der Waals surface area contributed by atoms with E-state index >= 15 is 0 Å². The van der Waals surface area contributed by atoms with Crippen molar-refractivity contribution in [1.82, 2.24) is 9.55 Å². The Morgan fingerprint density at radius 2 is 2.33 bits per heavy atom. The van der Waals surface area contributed by atoms with Gasteiger partial charge in [-0.25, -0.2) is 4.98 Å². The minimum atomic E-state index is -0.262. The van der Waals surface area contributed by atoms with E-state index < -0.39 is 0 Å². The van der Waals surface area contributed by atoms with Crippen molar-refractivity contribution in [3.63, 3.8) is 0 Å². The number of ether oxygens (including phenoxy) is 1. The predicted octanol–water partition coefficient (Wildman–Crippen LogP) is 1.11. The summed E-state index contributed by atoms with van der Waals surface area (Å²) >= 11 is 0. The Kier molecular flexibility index (Phi) is 4.29. The molecule has 0 bridgehead atoms. The highest BCUT2D eigenvalue weighted by Gasteiger charge is 2.19. The van der Waals surface area contributed by atoms with E-state index in [1.807, 2.05) is 37.9 Å². The lowest BCUT2D eigenvalue weighted by atomic mass is 9.98. The van der Waals surface area contributed by atoms with Gasteiger partial charge in [-0.05, 0) is 20.3 Å². The van der Waals surface area contributed by atoms with Gasteiger partial charge in [-0.15, -0.1) is 0 Å². The van der Waals surface area contributed by atoms with Gasteiger partial charge in [0.2, 0.25) is 0 Å². The van der Waals surface area contributed by atoms with Crippen LogP contribution in [0.2, 0.25) is 0 Å². The summed E-state index contributed by atoms with van der Waals surface area (Å²) in [6.45, 7) is 5.32. The zero-order chi connectivity index (χ0) is 11.3. The minimum absolute atomic E-state index is 0.262. The van der Waals surface area contributed by atoms with E-state index in [1.165, 1.54) is 0 Å². The Bertz CT molecular complexity index is 294. The Balaban J connectivity index is 2.39. The SMILES string of the molecule is CCOCC(C)(N)CCc1nccn1C. The van der Waals surface area contributed by atoms with E-state index in [2.05, 4.69) is 4.98 Å². The van der Waals surface area contributed by atoms with Crippen molar-refractivity contribution in [2.24, 2.45) is 12.8 Å². The molecular weight excluding hydrogens is 190 g/mol. The maximum atomic E-state index is 6.11. The van der Waals surface area contributed by atoms with Gasteiger partial charge in [-0.1, -0.05) is 0 Å². The van der Waals surface area contributed by atoms with E-state index in [-0.39, 0.29) is 5.54 Å². The number of hydrogen-bond acceptors (Lipinski definition) is 3. The molecule has 0 aliphatic heterocycles. The first-order valence-electron chi connectivity index (χ1n) is 5.38. The number of aryl methyl sites for hydroxylation is 2. The zero-order valence-corrected chi connectivity index (χ0v) is 9.86. The summed E-state index contributed by atoms with van der Waals surface area (Å²) in [7, 11) is 2.00. The highest BCUT2D eigenvalue weighted by atomic mass is 16.5. The van der Waals surface area contributed by atoms with E-state index in [9.17, 15) is 0 Å². The predicted molar refractivity (Wildman–Crippen MR) is 60.6 cm³/mol. The summed E-state index contributed by atoms with van der Waals surface area (Å²) < 4.78 is 7.37. The molecule has 0 aromatic carbocycles. The third kappa shape index (κ3) is 4.01. The van der Waals surface area contributed by atoms with Crippen LogP contribution in [0.5, 0.6) is 0 Å². The van der Waals surface area contributed by atoms with Crippen LogP contribution in [0.15, 0.2) is 12.4 Å². The molecule has 4 nitrogen and oxygen atoms in total. The van der Waals surface area contributed by atoms with Crippen LogP contribution < -0.4 is 5.73 Å². The standard InChI is InChI=1S/C11H21N3O/c1-4-15-9-11(2,12)6-5-10-13-7-8-14(10)3/h7-8H,4-6,9,12H2,1-3H3. The number of nitrogens with two attached hydrogens (primary N) is 1. The molecule has 0 saturated carbocycles. The Hall–Kier alpha value is -0.870. The van der Waals surface area contributed by atoms with Gasteiger partial charge in [-0.2, -0.15) is 0 Å². The molecule has 0 aliphatic carbocycles. The Morgan fingerprint density at radius 3 is 2.87 bits per heavy atom. The molecule has 0 radical (unpaired) electrons. The van der Waals surface area contributed by atoms with Crippen LogP contribution >= 0.6 is 0 Å². The van der Waals surface area contributed by atoms with Crippen molar-refractivity contribution in [2.45, 2.75) is 32.2 Å². The molecular formula is C11H21N3O. The number of hydrogen-bond donors (Lipinski definition) is 1. The van der Waals surface area contributed by atoms with Gasteiger partial charge in [0.1, 0.15) is 5.82 Å². The Labute approximate surface area is 91.4 Å². The normalized spacial score (nSPS) is 15.2. The first-order valence-corrected chi connectivity index (χ1v) is 5.38. The number of nitrogens with zero attached hydrogens (tertiary/aromatic N) is 2. The van der Waals surface area contributed by atoms with Gasteiger partial charge < -0.3 is 15.0 Å². The summed E-state index contributed by atoms with van der Waals surface area (Å²) in [6.07, 6.45) is 5.54. The first-order chi connectivity index (χ1) is 7.05. The van der Waals surface area contributed by atoms with Gasteiger partial charge in [0, 0.05) is 38.0 Å². The third-order valence-electron chi connectivity index (χ3n) is 2.48. The van der Waals surface area contributed by atoms with Gasteiger partial charge in [0.25, 0.3) is 0 Å². The molecule has 0 saturated heterocycles. The summed E-state index contributed by atoms with van der Waals surface area (Å²) in [6, 6.07) is 0. The second-order valence-corrected chi connectivity index (χ2v) is 4.25.